The van der Waals surface area contributed by atoms with Crippen LogP contribution >= 0.6 is 11.8 Å². The Morgan fingerprint density at radius 3 is 2.53 bits per heavy atom. The van der Waals surface area contributed by atoms with Gasteiger partial charge in [0.1, 0.15) is 0 Å². The Hall–Kier alpha value is -0.645. The third kappa shape index (κ3) is 2.28. The third-order valence-electron chi connectivity index (χ3n) is 4.21. The molecule has 5 heteroatoms. The Balaban J connectivity index is 1.88. The lowest BCUT2D eigenvalue weighted by molar-refractivity contribution is 0.00578. The molecule has 0 aromatic heterocycles. The molecule has 2 aliphatic rings. The van der Waals surface area contributed by atoms with Crippen LogP contribution in [-0.4, -0.2) is 30.6 Å². The molecule has 0 saturated carbocycles. The van der Waals surface area contributed by atoms with Crippen LogP contribution in [0.5, 0.6) is 0 Å². The lowest BCUT2D eigenvalue weighted by Crippen LogP contribution is -2.41. The molecule has 2 aliphatic heterocycles. The van der Waals surface area contributed by atoms with Gasteiger partial charge in [0.15, 0.2) is 0 Å². The zero-order chi connectivity index (χ0) is 13.7. The zero-order valence-corrected chi connectivity index (χ0v) is 12.8. The molecule has 3 nitrogen and oxygen atoms in total. The maximum atomic E-state index is 6.09. The van der Waals surface area contributed by atoms with Gasteiger partial charge in [-0.05, 0) is 45.3 Å². The molecule has 0 spiro atoms. The Morgan fingerprint density at radius 1 is 1.16 bits per heavy atom. The molecule has 3 rings (SSSR count). The molecule has 1 aromatic carbocycles. The minimum absolute atomic E-state index is 0.266. The van der Waals surface area contributed by atoms with E-state index < -0.39 is 0 Å². The Bertz CT molecular complexity index is 488. The van der Waals surface area contributed by atoms with E-state index in [1.165, 1.54) is 10.6 Å². The third-order valence-corrected chi connectivity index (χ3v) is 5.26. The summed E-state index contributed by atoms with van der Waals surface area (Å²) in [6, 6.07) is 6.41. The van der Waals surface area contributed by atoms with E-state index in [2.05, 4.69) is 51.2 Å². The van der Waals surface area contributed by atoms with E-state index in [1.807, 2.05) is 11.8 Å². The van der Waals surface area contributed by atoms with Crippen molar-refractivity contribution in [1.29, 1.82) is 0 Å². The SMILES string of the molecule is CC1(C)OB(c2ccc3c(c2)SCCN3)OC1(C)C. The summed E-state index contributed by atoms with van der Waals surface area (Å²) in [7, 11) is -0.266. The molecule has 1 fully saturated rings. The van der Waals surface area contributed by atoms with Crippen LogP contribution in [0.4, 0.5) is 5.69 Å². The van der Waals surface area contributed by atoms with Crippen LogP contribution in [0.3, 0.4) is 0 Å². The Labute approximate surface area is 119 Å². The number of anilines is 1. The largest absolute Gasteiger partial charge is 0.494 e. The summed E-state index contributed by atoms with van der Waals surface area (Å²) in [6.07, 6.45) is 0. The smallest absolute Gasteiger partial charge is 0.399 e. The van der Waals surface area contributed by atoms with Gasteiger partial charge in [-0.2, -0.15) is 0 Å². The summed E-state index contributed by atoms with van der Waals surface area (Å²) in [5.74, 6) is 1.11. The number of rotatable bonds is 1. The van der Waals surface area contributed by atoms with Gasteiger partial charge in [0.2, 0.25) is 0 Å². The van der Waals surface area contributed by atoms with Crippen LogP contribution in [0.25, 0.3) is 0 Å². The fourth-order valence-corrected chi connectivity index (χ4v) is 3.22. The van der Waals surface area contributed by atoms with Crippen molar-refractivity contribution in [3.63, 3.8) is 0 Å². The molecule has 1 saturated heterocycles. The molecule has 1 aromatic rings. The summed E-state index contributed by atoms with van der Waals surface area (Å²) in [4.78, 5) is 1.29. The minimum atomic E-state index is -0.279. The Morgan fingerprint density at radius 2 is 1.84 bits per heavy atom. The van der Waals surface area contributed by atoms with E-state index >= 15 is 0 Å². The quantitative estimate of drug-likeness (QED) is 0.799. The summed E-state index contributed by atoms with van der Waals surface area (Å²) >= 11 is 1.89. The average molecular weight is 277 g/mol. The molecule has 0 atom stereocenters. The van der Waals surface area contributed by atoms with E-state index in [0.717, 1.165) is 17.8 Å². The van der Waals surface area contributed by atoms with Gasteiger partial charge in [0.05, 0.1) is 11.2 Å². The van der Waals surface area contributed by atoms with Crippen LogP contribution in [-0.2, 0) is 9.31 Å². The van der Waals surface area contributed by atoms with E-state index in [4.69, 9.17) is 9.31 Å². The fourth-order valence-electron chi connectivity index (χ4n) is 2.28. The number of hydrogen-bond acceptors (Lipinski definition) is 4. The number of thioether (sulfide) groups is 1. The van der Waals surface area contributed by atoms with Gasteiger partial charge in [-0.1, -0.05) is 6.07 Å². The molecule has 1 N–H and O–H groups in total. The van der Waals surface area contributed by atoms with E-state index in [9.17, 15) is 0 Å². The van der Waals surface area contributed by atoms with Gasteiger partial charge < -0.3 is 14.6 Å². The number of nitrogens with one attached hydrogen (secondary N) is 1. The first-order valence-electron chi connectivity index (χ1n) is 6.75. The van der Waals surface area contributed by atoms with E-state index in [0.29, 0.717) is 0 Å². The van der Waals surface area contributed by atoms with E-state index in [1.54, 1.807) is 0 Å². The molecule has 0 unspecified atom stereocenters. The first kappa shape index (κ1) is 13.3. The number of hydrogen-bond donors (Lipinski definition) is 1. The minimum Gasteiger partial charge on any atom is -0.399 e. The predicted octanol–water partition coefficient (Wildman–Crippen LogP) is 2.50. The molecular weight excluding hydrogens is 257 g/mol. The van der Waals surface area contributed by atoms with Crippen LogP contribution in [0.2, 0.25) is 0 Å². The second-order valence-corrected chi connectivity index (χ2v) is 7.26. The van der Waals surface area contributed by atoms with Crippen molar-refractivity contribution in [2.45, 2.75) is 43.8 Å². The normalized spacial score (nSPS) is 23.9. The van der Waals surface area contributed by atoms with Gasteiger partial charge in [0, 0.05) is 22.9 Å². The molecule has 19 heavy (non-hydrogen) atoms. The molecule has 0 amide bonds. The van der Waals surface area contributed by atoms with Gasteiger partial charge in [-0.15, -0.1) is 11.8 Å². The number of benzene rings is 1. The maximum absolute atomic E-state index is 6.09. The van der Waals surface area contributed by atoms with Crippen molar-refractivity contribution in [3.8, 4) is 0 Å². The first-order chi connectivity index (χ1) is 8.89. The summed E-state index contributed by atoms with van der Waals surface area (Å²) < 4.78 is 12.2. The van der Waals surface area contributed by atoms with Crippen molar-refractivity contribution in [2.75, 3.05) is 17.6 Å². The van der Waals surface area contributed by atoms with E-state index in [-0.39, 0.29) is 18.3 Å². The van der Waals surface area contributed by atoms with Crippen LogP contribution in [0, 0.1) is 0 Å². The topological polar surface area (TPSA) is 30.5 Å². The van der Waals surface area contributed by atoms with Crippen molar-refractivity contribution in [1.82, 2.24) is 0 Å². The second kappa shape index (κ2) is 4.43. The second-order valence-electron chi connectivity index (χ2n) is 6.12. The molecule has 102 valence electrons. The summed E-state index contributed by atoms with van der Waals surface area (Å²) in [5.41, 5.74) is 1.77. The van der Waals surface area contributed by atoms with Crippen molar-refractivity contribution in [2.24, 2.45) is 0 Å². The molecule has 0 aliphatic carbocycles. The van der Waals surface area contributed by atoms with Gasteiger partial charge >= 0.3 is 7.12 Å². The van der Waals surface area contributed by atoms with Crippen molar-refractivity contribution in [3.05, 3.63) is 18.2 Å². The highest BCUT2D eigenvalue weighted by molar-refractivity contribution is 7.99. The number of fused-ring (bicyclic) bond motifs is 1. The molecular formula is C14H20BNO2S. The summed E-state index contributed by atoms with van der Waals surface area (Å²) in [5, 5.41) is 3.41. The van der Waals surface area contributed by atoms with Crippen LogP contribution in [0.1, 0.15) is 27.7 Å². The Kier molecular flexibility index (Phi) is 3.11. The highest BCUT2D eigenvalue weighted by Gasteiger charge is 2.51. The molecule has 0 radical (unpaired) electrons. The van der Waals surface area contributed by atoms with Gasteiger partial charge in [0.25, 0.3) is 0 Å². The van der Waals surface area contributed by atoms with Crippen LogP contribution < -0.4 is 10.8 Å². The fraction of sp³-hybridized carbons (Fsp3) is 0.571. The molecule has 0 bridgehead atoms. The van der Waals surface area contributed by atoms with Crippen molar-refractivity contribution >= 4 is 30.0 Å². The lowest BCUT2D eigenvalue weighted by atomic mass is 9.79. The first-order valence-corrected chi connectivity index (χ1v) is 7.74. The predicted molar refractivity (Wildman–Crippen MR) is 81.4 cm³/mol. The zero-order valence-electron chi connectivity index (χ0n) is 11.9. The average Bonchev–Trinajstić information content (AvgIpc) is 2.58. The monoisotopic (exact) mass is 277 g/mol. The highest BCUT2D eigenvalue weighted by atomic mass is 32.2. The standard InChI is InChI=1S/C14H20BNO2S/c1-13(2)14(3,4)18-15(17-13)10-5-6-11-12(9-10)19-8-7-16-11/h5-6,9,16H,7-8H2,1-4H3. The highest BCUT2D eigenvalue weighted by Crippen LogP contribution is 2.37. The maximum Gasteiger partial charge on any atom is 0.494 e. The van der Waals surface area contributed by atoms with Gasteiger partial charge in [-0.25, -0.2) is 0 Å². The summed E-state index contributed by atoms with van der Waals surface area (Å²) in [6.45, 7) is 9.38. The van der Waals surface area contributed by atoms with Crippen molar-refractivity contribution < 1.29 is 9.31 Å². The van der Waals surface area contributed by atoms with Crippen LogP contribution in [0.15, 0.2) is 23.1 Å². The lowest BCUT2D eigenvalue weighted by Gasteiger charge is -2.32. The van der Waals surface area contributed by atoms with Gasteiger partial charge in [-0.3, -0.25) is 0 Å². The molecule has 2 heterocycles.